The predicted octanol–water partition coefficient (Wildman–Crippen LogP) is 4.37. The van der Waals surface area contributed by atoms with Crippen molar-refractivity contribution in [1.29, 1.82) is 0 Å². The van der Waals surface area contributed by atoms with Crippen molar-refractivity contribution in [1.82, 2.24) is 15.1 Å². The number of hydrogen-bond acceptors (Lipinski definition) is 4. The highest BCUT2D eigenvalue weighted by atomic mass is 19.4. The summed E-state index contributed by atoms with van der Waals surface area (Å²) in [6, 6.07) is 9.67. The van der Waals surface area contributed by atoms with E-state index in [9.17, 15) is 32.3 Å². The average Bonchev–Trinajstić information content (AvgIpc) is 3.17. The molecule has 0 spiro atoms. The summed E-state index contributed by atoms with van der Waals surface area (Å²) in [5.74, 6) is -2.98. The van der Waals surface area contributed by atoms with Crippen molar-refractivity contribution in [3.63, 3.8) is 0 Å². The van der Waals surface area contributed by atoms with E-state index in [1.54, 1.807) is 13.0 Å². The lowest BCUT2D eigenvalue weighted by molar-refractivity contribution is -0.140. The standard InChI is InChI=1S/C22H19F4N3O4/c1-2-33-19-11-17(28-29(19)18-10-6-5-9-15(18)23)21(32)27-16(12-20(30)31)13-7-3-4-8-14(13)22(24,25)26/h3-11,16H,2,12H2,1H3,(H,27,32)(H,30,31)/t16-/m0/s1. The zero-order valence-electron chi connectivity index (χ0n) is 17.3. The Morgan fingerprint density at radius 2 is 1.82 bits per heavy atom. The van der Waals surface area contributed by atoms with Gasteiger partial charge in [0.15, 0.2) is 5.69 Å². The number of nitrogens with one attached hydrogen (secondary N) is 1. The van der Waals surface area contributed by atoms with E-state index in [1.807, 2.05) is 0 Å². The number of carboxylic acids is 1. The zero-order valence-corrected chi connectivity index (χ0v) is 17.3. The van der Waals surface area contributed by atoms with Gasteiger partial charge in [-0.05, 0) is 30.7 Å². The maximum absolute atomic E-state index is 14.2. The molecule has 7 nitrogen and oxygen atoms in total. The highest BCUT2D eigenvalue weighted by Gasteiger charge is 2.36. The van der Waals surface area contributed by atoms with Crippen LogP contribution in [-0.2, 0) is 11.0 Å². The lowest BCUT2D eigenvalue weighted by atomic mass is 9.97. The molecule has 3 aromatic rings. The second-order valence-electron chi connectivity index (χ2n) is 6.87. The largest absolute Gasteiger partial charge is 0.481 e. The van der Waals surface area contributed by atoms with Crippen LogP contribution in [-0.4, -0.2) is 33.4 Å². The van der Waals surface area contributed by atoms with Crippen molar-refractivity contribution in [3.05, 3.63) is 77.2 Å². The fourth-order valence-corrected chi connectivity index (χ4v) is 3.23. The first-order chi connectivity index (χ1) is 15.6. The van der Waals surface area contributed by atoms with Gasteiger partial charge in [0.1, 0.15) is 11.5 Å². The number of halogens is 4. The Hall–Kier alpha value is -3.89. The van der Waals surface area contributed by atoms with Gasteiger partial charge in [0, 0.05) is 6.07 Å². The van der Waals surface area contributed by atoms with Gasteiger partial charge in [0.2, 0.25) is 5.88 Å². The molecule has 0 saturated carbocycles. The number of hydrogen-bond donors (Lipinski definition) is 2. The Morgan fingerprint density at radius 3 is 2.45 bits per heavy atom. The smallest absolute Gasteiger partial charge is 0.416 e. The minimum atomic E-state index is -4.76. The van der Waals surface area contributed by atoms with Crippen molar-refractivity contribution in [2.75, 3.05) is 6.61 Å². The molecule has 1 atom stereocenters. The number of rotatable bonds is 8. The summed E-state index contributed by atoms with van der Waals surface area (Å²) >= 11 is 0. The highest BCUT2D eigenvalue weighted by molar-refractivity contribution is 5.93. The van der Waals surface area contributed by atoms with Gasteiger partial charge in [-0.3, -0.25) is 9.59 Å². The van der Waals surface area contributed by atoms with Crippen LogP contribution in [0.5, 0.6) is 5.88 Å². The molecule has 0 unspecified atom stereocenters. The van der Waals surface area contributed by atoms with Crippen molar-refractivity contribution < 1.29 is 37.0 Å². The molecule has 2 N–H and O–H groups in total. The summed E-state index contributed by atoms with van der Waals surface area (Å²) in [6.45, 7) is 1.83. The minimum Gasteiger partial charge on any atom is -0.481 e. The van der Waals surface area contributed by atoms with E-state index in [2.05, 4.69) is 10.4 Å². The van der Waals surface area contributed by atoms with E-state index in [1.165, 1.54) is 30.3 Å². The Balaban J connectivity index is 1.98. The number of carbonyl (C=O) groups excluding carboxylic acids is 1. The Bertz CT molecular complexity index is 1160. The molecule has 3 rings (SSSR count). The monoisotopic (exact) mass is 465 g/mol. The molecule has 2 aromatic carbocycles. The maximum atomic E-state index is 14.2. The molecule has 0 saturated heterocycles. The van der Waals surface area contributed by atoms with E-state index in [0.29, 0.717) is 0 Å². The fraction of sp³-hybridized carbons (Fsp3) is 0.227. The normalized spacial score (nSPS) is 12.3. The third-order valence-corrected chi connectivity index (χ3v) is 4.61. The predicted molar refractivity (Wildman–Crippen MR) is 109 cm³/mol. The molecule has 1 aromatic heterocycles. The van der Waals surface area contributed by atoms with Gasteiger partial charge in [0.25, 0.3) is 5.91 Å². The number of nitrogens with zero attached hydrogens (tertiary/aromatic N) is 2. The SMILES string of the molecule is CCOc1cc(C(=O)N[C@@H](CC(=O)O)c2ccccc2C(F)(F)F)nn1-c1ccccc1F. The molecule has 1 amide bonds. The van der Waals surface area contributed by atoms with Crippen LogP contribution in [0.4, 0.5) is 17.6 Å². The number of para-hydroxylation sites is 1. The van der Waals surface area contributed by atoms with E-state index < -0.39 is 47.5 Å². The number of amides is 1. The highest BCUT2D eigenvalue weighted by Crippen LogP contribution is 2.35. The number of aliphatic carboxylic acids is 1. The molecule has 11 heteroatoms. The molecule has 0 aliphatic carbocycles. The van der Waals surface area contributed by atoms with Gasteiger partial charge in [-0.1, -0.05) is 30.3 Å². The topological polar surface area (TPSA) is 93.4 Å². The molecule has 174 valence electrons. The van der Waals surface area contributed by atoms with Gasteiger partial charge in [-0.2, -0.15) is 23.0 Å². The van der Waals surface area contributed by atoms with Crippen LogP contribution in [0.2, 0.25) is 0 Å². The molecular weight excluding hydrogens is 446 g/mol. The Labute approximate surface area is 185 Å². The zero-order chi connectivity index (χ0) is 24.2. The van der Waals surface area contributed by atoms with Crippen LogP contribution in [0.1, 0.15) is 41.0 Å². The van der Waals surface area contributed by atoms with Gasteiger partial charge < -0.3 is 15.2 Å². The first-order valence-electron chi connectivity index (χ1n) is 9.78. The summed E-state index contributed by atoms with van der Waals surface area (Å²) < 4.78 is 61.0. The van der Waals surface area contributed by atoms with Gasteiger partial charge >= 0.3 is 12.1 Å². The van der Waals surface area contributed by atoms with Gasteiger partial charge in [-0.15, -0.1) is 0 Å². The Morgan fingerprint density at radius 1 is 1.15 bits per heavy atom. The van der Waals surface area contributed by atoms with Crippen LogP contribution in [0.15, 0.2) is 54.6 Å². The summed E-state index contributed by atoms with van der Waals surface area (Å²) in [4.78, 5) is 24.2. The van der Waals surface area contributed by atoms with Crippen LogP contribution < -0.4 is 10.1 Å². The third-order valence-electron chi connectivity index (χ3n) is 4.61. The van der Waals surface area contributed by atoms with E-state index in [4.69, 9.17) is 4.74 Å². The van der Waals surface area contributed by atoms with Crippen LogP contribution in [0.25, 0.3) is 5.69 Å². The molecular formula is C22H19F4N3O4. The van der Waals surface area contributed by atoms with E-state index >= 15 is 0 Å². The van der Waals surface area contributed by atoms with Crippen LogP contribution in [0.3, 0.4) is 0 Å². The summed E-state index contributed by atoms with van der Waals surface area (Å²) in [7, 11) is 0. The molecule has 33 heavy (non-hydrogen) atoms. The third kappa shape index (κ3) is 5.48. The number of aromatic nitrogens is 2. The lowest BCUT2D eigenvalue weighted by Gasteiger charge is -2.21. The van der Waals surface area contributed by atoms with Gasteiger partial charge in [0.05, 0.1) is 24.6 Å². The lowest BCUT2D eigenvalue weighted by Crippen LogP contribution is -2.32. The van der Waals surface area contributed by atoms with Crippen molar-refractivity contribution in [2.45, 2.75) is 25.6 Å². The quantitative estimate of drug-likeness (QED) is 0.482. The second-order valence-corrected chi connectivity index (χ2v) is 6.87. The van der Waals surface area contributed by atoms with Crippen LogP contribution in [0, 0.1) is 5.82 Å². The first kappa shape index (κ1) is 23.8. The molecule has 1 heterocycles. The van der Waals surface area contributed by atoms with E-state index in [0.717, 1.165) is 22.9 Å². The molecule has 0 aliphatic rings. The number of carboxylic acid groups (broad SMARTS) is 1. The minimum absolute atomic E-state index is 0.00972. The average molecular weight is 465 g/mol. The summed E-state index contributed by atoms with van der Waals surface area (Å²) in [5, 5.41) is 15.5. The van der Waals surface area contributed by atoms with Crippen molar-refractivity contribution >= 4 is 11.9 Å². The summed E-state index contributed by atoms with van der Waals surface area (Å²) in [6.07, 6.45) is -5.56. The first-order valence-corrected chi connectivity index (χ1v) is 9.78. The van der Waals surface area contributed by atoms with Crippen molar-refractivity contribution in [3.8, 4) is 11.6 Å². The molecule has 0 radical (unpaired) electrons. The fourth-order valence-electron chi connectivity index (χ4n) is 3.23. The number of benzene rings is 2. The van der Waals surface area contributed by atoms with E-state index in [-0.39, 0.29) is 23.9 Å². The number of alkyl halides is 3. The Kier molecular flexibility index (Phi) is 7.00. The molecule has 0 bridgehead atoms. The van der Waals surface area contributed by atoms with Crippen molar-refractivity contribution in [2.24, 2.45) is 0 Å². The number of carbonyl (C=O) groups is 2. The summed E-state index contributed by atoms with van der Waals surface area (Å²) in [5.41, 5.74) is -1.77. The second kappa shape index (κ2) is 9.72. The molecule has 0 aliphatic heterocycles. The van der Waals surface area contributed by atoms with Gasteiger partial charge in [-0.25, -0.2) is 4.39 Å². The number of ether oxygens (including phenoxy) is 1. The maximum Gasteiger partial charge on any atom is 0.416 e. The molecule has 0 fully saturated rings. The van der Waals surface area contributed by atoms with Crippen LogP contribution >= 0.6 is 0 Å².